The number of benzene rings is 2. The van der Waals surface area contributed by atoms with Crippen LogP contribution in [0.1, 0.15) is 60.3 Å². The van der Waals surface area contributed by atoms with Gasteiger partial charge in [-0.15, -0.1) is 5.10 Å². The molecule has 1 aliphatic carbocycles. The van der Waals surface area contributed by atoms with Crippen molar-refractivity contribution in [3.63, 3.8) is 0 Å². The highest BCUT2D eigenvalue weighted by atomic mass is 16.5. The second kappa shape index (κ2) is 10.2. The van der Waals surface area contributed by atoms with E-state index >= 15 is 0 Å². The van der Waals surface area contributed by atoms with Crippen molar-refractivity contribution in [2.24, 2.45) is 0 Å². The molecule has 2 aromatic carbocycles. The fourth-order valence-electron chi connectivity index (χ4n) is 6.02. The van der Waals surface area contributed by atoms with Crippen molar-refractivity contribution in [2.45, 2.75) is 51.6 Å². The summed E-state index contributed by atoms with van der Waals surface area (Å²) in [5.41, 5.74) is 5.03. The number of nitrogens with one attached hydrogen (secondary N) is 1. The Morgan fingerprint density at radius 3 is 2.39 bits per heavy atom. The fourth-order valence-corrected chi connectivity index (χ4v) is 6.02. The predicted octanol–water partition coefficient (Wildman–Crippen LogP) is 4.17. The van der Waals surface area contributed by atoms with Crippen LogP contribution in [0.5, 0.6) is 5.75 Å². The standard InChI is InChI=1S/C29H35N7O2/c1-19-16-21-18-25(29(37)30-26(21)17-20(19)2)27(28-31-32-33-36(28)23-6-4-5-7-23)35-14-12-34(13-15-35)22-8-10-24(38-3)11-9-22/h8-11,16-18,23,27H,4-7,12-15H2,1-3H3,(H,30,37)/t27-/m0/s1. The van der Waals surface area contributed by atoms with E-state index in [4.69, 9.17) is 4.74 Å². The van der Waals surface area contributed by atoms with Gasteiger partial charge in [0.25, 0.3) is 5.56 Å². The summed E-state index contributed by atoms with van der Waals surface area (Å²) in [5.74, 6) is 1.62. The number of methoxy groups -OCH3 is 1. The topological polar surface area (TPSA) is 92.2 Å². The molecule has 2 aliphatic rings. The van der Waals surface area contributed by atoms with Crippen LogP contribution in [-0.4, -0.2) is 63.4 Å². The van der Waals surface area contributed by atoms with E-state index in [1.807, 2.05) is 16.8 Å². The highest BCUT2D eigenvalue weighted by molar-refractivity contribution is 5.81. The molecule has 0 unspecified atom stereocenters. The average Bonchev–Trinajstić information content (AvgIpc) is 3.63. The Bertz CT molecular complexity index is 1480. The van der Waals surface area contributed by atoms with E-state index in [0.717, 1.165) is 67.1 Å². The smallest absolute Gasteiger partial charge is 0.253 e. The molecule has 1 saturated heterocycles. The van der Waals surface area contributed by atoms with Crippen molar-refractivity contribution in [3.8, 4) is 5.75 Å². The molecule has 0 bridgehead atoms. The number of aryl methyl sites for hydroxylation is 2. The van der Waals surface area contributed by atoms with Gasteiger partial charge in [0.2, 0.25) is 0 Å². The minimum Gasteiger partial charge on any atom is -0.497 e. The van der Waals surface area contributed by atoms with Crippen LogP contribution in [-0.2, 0) is 0 Å². The van der Waals surface area contributed by atoms with Gasteiger partial charge in [-0.05, 0) is 96.1 Å². The van der Waals surface area contributed by atoms with Gasteiger partial charge >= 0.3 is 0 Å². The molecule has 2 fully saturated rings. The summed E-state index contributed by atoms with van der Waals surface area (Å²) < 4.78 is 7.32. The van der Waals surface area contributed by atoms with Gasteiger partial charge in [0.05, 0.1) is 13.2 Å². The highest BCUT2D eigenvalue weighted by Gasteiger charge is 2.34. The zero-order valence-electron chi connectivity index (χ0n) is 22.4. The molecule has 38 heavy (non-hydrogen) atoms. The van der Waals surface area contributed by atoms with Crippen LogP contribution in [0.15, 0.2) is 47.3 Å². The van der Waals surface area contributed by atoms with E-state index in [0.29, 0.717) is 5.56 Å². The Hall–Kier alpha value is -3.72. The van der Waals surface area contributed by atoms with Crippen LogP contribution >= 0.6 is 0 Å². The molecule has 6 rings (SSSR count). The highest BCUT2D eigenvalue weighted by Crippen LogP contribution is 2.34. The maximum Gasteiger partial charge on any atom is 0.253 e. The summed E-state index contributed by atoms with van der Waals surface area (Å²) >= 11 is 0. The third-order valence-corrected chi connectivity index (χ3v) is 8.33. The molecule has 2 aromatic heterocycles. The number of aromatic amines is 1. The number of piperazine rings is 1. The molecule has 198 valence electrons. The molecule has 1 aliphatic heterocycles. The zero-order valence-corrected chi connectivity index (χ0v) is 22.4. The minimum absolute atomic E-state index is 0.0793. The van der Waals surface area contributed by atoms with E-state index in [-0.39, 0.29) is 17.6 Å². The average molecular weight is 514 g/mol. The third kappa shape index (κ3) is 4.55. The molecular weight excluding hydrogens is 478 g/mol. The molecule has 3 heterocycles. The van der Waals surface area contributed by atoms with Crippen LogP contribution in [0.4, 0.5) is 5.69 Å². The first-order valence-electron chi connectivity index (χ1n) is 13.6. The van der Waals surface area contributed by atoms with Crippen molar-refractivity contribution >= 4 is 16.6 Å². The summed E-state index contributed by atoms with van der Waals surface area (Å²) in [6.45, 7) is 7.45. The third-order valence-electron chi connectivity index (χ3n) is 8.33. The van der Waals surface area contributed by atoms with Crippen LogP contribution in [0.25, 0.3) is 10.9 Å². The predicted molar refractivity (Wildman–Crippen MR) is 148 cm³/mol. The van der Waals surface area contributed by atoms with Gasteiger partial charge in [-0.25, -0.2) is 4.68 Å². The second-order valence-electron chi connectivity index (χ2n) is 10.6. The van der Waals surface area contributed by atoms with E-state index < -0.39 is 0 Å². The lowest BCUT2D eigenvalue weighted by atomic mass is 10.00. The van der Waals surface area contributed by atoms with Crippen molar-refractivity contribution in [1.29, 1.82) is 0 Å². The summed E-state index contributed by atoms with van der Waals surface area (Å²) in [6.07, 6.45) is 4.51. The van der Waals surface area contributed by atoms with Gasteiger partial charge in [-0.3, -0.25) is 9.69 Å². The van der Waals surface area contributed by atoms with Crippen LogP contribution in [0, 0.1) is 13.8 Å². The number of ether oxygens (including phenoxy) is 1. The number of tetrazole rings is 1. The molecule has 0 spiro atoms. The number of aromatic nitrogens is 5. The Morgan fingerprint density at radius 2 is 1.68 bits per heavy atom. The molecule has 0 amide bonds. The van der Waals surface area contributed by atoms with E-state index in [1.165, 1.54) is 24.1 Å². The number of rotatable bonds is 6. The summed E-state index contributed by atoms with van der Waals surface area (Å²) in [5, 5.41) is 14.1. The molecule has 1 N–H and O–H groups in total. The van der Waals surface area contributed by atoms with Crippen molar-refractivity contribution in [1.82, 2.24) is 30.1 Å². The first-order valence-corrected chi connectivity index (χ1v) is 13.6. The Kier molecular flexibility index (Phi) is 6.61. The van der Waals surface area contributed by atoms with Crippen molar-refractivity contribution in [2.75, 3.05) is 38.2 Å². The second-order valence-corrected chi connectivity index (χ2v) is 10.6. The van der Waals surface area contributed by atoms with Crippen molar-refractivity contribution in [3.05, 3.63) is 75.3 Å². The van der Waals surface area contributed by atoms with Crippen LogP contribution < -0.4 is 15.2 Å². The summed E-state index contributed by atoms with van der Waals surface area (Å²) in [7, 11) is 1.68. The lowest BCUT2D eigenvalue weighted by Gasteiger charge is -2.39. The molecular formula is C29H35N7O2. The number of pyridine rings is 1. The molecule has 9 nitrogen and oxygen atoms in total. The van der Waals surface area contributed by atoms with E-state index in [1.54, 1.807) is 7.11 Å². The first kappa shape index (κ1) is 24.6. The first-order chi connectivity index (χ1) is 18.5. The molecule has 1 atom stereocenters. The maximum atomic E-state index is 13.6. The molecule has 9 heteroatoms. The fraction of sp³-hybridized carbons (Fsp3) is 0.448. The minimum atomic E-state index is -0.321. The van der Waals surface area contributed by atoms with Gasteiger partial charge in [-0.2, -0.15) is 0 Å². The number of hydrogen-bond donors (Lipinski definition) is 1. The normalized spacial score (nSPS) is 17.8. The molecule has 0 radical (unpaired) electrons. The number of anilines is 1. The van der Waals surface area contributed by atoms with Gasteiger partial charge in [0.15, 0.2) is 5.82 Å². The monoisotopic (exact) mass is 513 g/mol. The summed E-state index contributed by atoms with van der Waals surface area (Å²) in [4.78, 5) is 21.5. The number of hydrogen-bond acceptors (Lipinski definition) is 7. The number of nitrogens with zero attached hydrogens (tertiary/aromatic N) is 6. The van der Waals surface area contributed by atoms with Gasteiger partial charge < -0.3 is 14.6 Å². The lowest BCUT2D eigenvalue weighted by molar-refractivity contribution is 0.197. The SMILES string of the molecule is COc1ccc(N2CCN([C@@H](c3cc4cc(C)c(C)cc4[nH]c3=O)c3nnnn3C3CCCC3)CC2)cc1. The zero-order chi connectivity index (χ0) is 26.2. The largest absolute Gasteiger partial charge is 0.497 e. The Balaban J connectivity index is 1.37. The van der Waals surface area contributed by atoms with Gasteiger partial charge in [0, 0.05) is 42.9 Å². The van der Waals surface area contributed by atoms with Crippen molar-refractivity contribution < 1.29 is 4.74 Å². The molecule has 1 saturated carbocycles. The van der Waals surface area contributed by atoms with Gasteiger partial charge in [0.1, 0.15) is 11.8 Å². The lowest BCUT2D eigenvalue weighted by Crippen LogP contribution is -2.49. The van der Waals surface area contributed by atoms with Crippen LogP contribution in [0.2, 0.25) is 0 Å². The summed E-state index contributed by atoms with van der Waals surface area (Å²) in [6, 6.07) is 14.4. The molecule has 4 aromatic rings. The number of fused-ring (bicyclic) bond motifs is 1. The van der Waals surface area contributed by atoms with Crippen LogP contribution in [0.3, 0.4) is 0 Å². The van der Waals surface area contributed by atoms with E-state index in [2.05, 4.69) is 74.5 Å². The Labute approximate surface area is 222 Å². The maximum absolute atomic E-state index is 13.6. The van der Waals surface area contributed by atoms with E-state index in [9.17, 15) is 4.79 Å². The number of H-pyrrole nitrogens is 1. The quantitative estimate of drug-likeness (QED) is 0.414. The van der Waals surface area contributed by atoms with Gasteiger partial charge in [-0.1, -0.05) is 12.8 Å². The Morgan fingerprint density at radius 1 is 0.974 bits per heavy atom.